The predicted molar refractivity (Wildman–Crippen MR) is 78.7 cm³/mol. The number of alkyl carbamates (subject to hydrolysis) is 1. The van der Waals surface area contributed by atoms with Crippen LogP contribution in [-0.4, -0.2) is 18.2 Å². The average Bonchev–Trinajstić information content (AvgIpc) is 2.28. The molecule has 0 fully saturated rings. The van der Waals surface area contributed by atoms with E-state index >= 15 is 0 Å². The van der Waals surface area contributed by atoms with Gasteiger partial charge in [-0.2, -0.15) is 0 Å². The minimum atomic E-state index is -0.456. The van der Waals surface area contributed by atoms with Gasteiger partial charge >= 0.3 is 6.09 Å². The zero-order valence-electron chi connectivity index (χ0n) is 12.4. The van der Waals surface area contributed by atoms with Crippen LogP contribution in [0.4, 0.5) is 4.79 Å². The molecule has 0 radical (unpaired) electrons. The fourth-order valence-electron chi connectivity index (χ4n) is 1.03. The van der Waals surface area contributed by atoms with Crippen molar-refractivity contribution < 1.29 is 9.53 Å². The normalized spacial score (nSPS) is 10.8. The number of nitrogens with one attached hydrogen (secondary N) is 1. The number of rotatable bonds is 5. The topological polar surface area (TPSA) is 38.3 Å². The Balaban J connectivity index is 0. The lowest BCUT2D eigenvalue weighted by Crippen LogP contribution is -2.33. The first kappa shape index (κ1) is 18.8. The highest BCUT2D eigenvalue weighted by Gasteiger charge is 2.15. The molecule has 0 rings (SSSR count). The monoisotopic (exact) mass is 253 g/mol. The van der Waals surface area contributed by atoms with Crippen molar-refractivity contribution in [3.8, 4) is 0 Å². The quantitative estimate of drug-likeness (QED) is 0.745. The number of carbonyl (C=O) groups excluding carboxylic acids is 1. The van der Waals surface area contributed by atoms with Gasteiger partial charge in [0.05, 0.1) is 0 Å². The summed E-state index contributed by atoms with van der Waals surface area (Å²) in [6.07, 6.45) is 5.64. The van der Waals surface area contributed by atoms with Gasteiger partial charge in [0.25, 0.3) is 0 Å². The Morgan fingerprint density at radius 1 is 1.28 bits per heavy atom. The Hall–Kier alpha value is -1.51. The Morgan fingerprint density at radius 2 is 1.83 bits per heavy atom. The molecule has 1 amide bonds. The van der Waals surface area contributed by atoms with E-state index in [1.54, 1.807) is 12.2 Å². The van der Waals surface area contributed by atoms with Gasteiger partial charge in [-0.15, -0.1) is 0 Å². The Labute approximate surface area is 112 Å². The van der Waals surface area contributed by atoms with Crippen molar-refractivity contribution in [2.24, 2.45) is 0 Å². The zero-order valence-corrected chi connectivity index (χ0v) is 12.4. The van der Waals surface area contributed by atoms with Gasteiger partial charge in [-0.3, -0.25) is 0 Å². The third kappa shape index (κ3) is 12.6. The van der Waals surface area contributed by atoms with Crippen molar-refractivity contribution in [2.45, 2.75) is 46.6 Å². The maximum absolute atomic E-state index is 11.3. The van der Waals surface area contributed by atoms with Crippen LogP contribution in [0.1, 0.15) is 41.0 Å². The summed E-state index contributed by atoms with van der Waals surface area (Å²) >= 11 is 0. The van der Waals surface area contributed by atoms with E-state index < -0.39 is 11.7 Å². The van der Waals surface area contributed by atoms with Crippen LogP contribution in [0.5, 0.6) is 0 Å². The van der Waals surface area contributed by atoms with Gasteiger partial charge in [0.1, 0.15) is 5.60 Å². The van der Waals surface area contributed by atoms with E-state index in [1.807, 2.05) is 40.7 Å². The molecule has 0 saturated carbocycles. The molecule has 0 heterocycles. The van der Waals surface area contributed by atoms with Gasteiger partial charge in [-0.1, -0.05) is 45.2 Å². The molecule has 18 heavy (non-hydrogen) atoms. The minimum Gasteiger partial charge on any atom is -0.444 e. The Bertz CT molecular complexity index is 285. The second-order valence-electron chi connectivity index (χ2n) is 4.36. The number of allylic oxidation sites excluding steroid dienone is 3. The summed E-state index contributed by atoms with van der Waals surface area (Å²) in [6, 6.07) is 0. The highest BCUT2D eigenvalue weighted by atomic mass is 16.6. The molecule has 0 aliphatic rings. The highest BCUT2D eigenvalue weighted by Crippen LogP contribution is 2.07. The summed E-state index contributed by atoms with van der Waals surface area (Å²) < 4.78 is 5.10. The third-order valence-corrected chi connectivity index (χ3v) is 1.68. The van der Waals surface area contributed by atoms with E-state index in [0.717, 1.165) is 12.0 Å². The maximum atomic E-state index is 11.3. The van der Waals surface area contributed by atoms with Gasteiger partial charge in [0, 0.05) is 6.54 Å². The molecule has 0 aromatic carbocycles. The second-order valence-corrected chi connectivity index (χ2v) is 4.36. The SMILES string of the molecule is C=C/C=C(\C=C)CCNC(=O)OC(C)(C)C.CC. The molecule has 0 atom stereocenters. The number of ether oxygens (including phenoxy) is 1. The second kappa shape index (κ2) is 10.6. The van der Waals surface area contributed by atoms with Gasteiger partial charge in [-0.25, -0.2) is 4.79 Å². The van der Waals surface area contributed by atoms with E-state index in [-0.39, 0.29) is 0 Å². The first-order chi connectivity index (χ1) is 8.39. The van der Waals surface area contributed by atoms with Crippen molar-refractivity contribution >= 4 is 6.09 Å². The van der Waals surface area contributed by atoms with Crippen LogP contribution in [0.3, 0.4) is 0 Å². The van der Waals surface area contributed by atoms with E-state index in [1.165, 1.54) is 0 Å². The zero-order chi connectivity index (χ0) is 14.6. The van der Waals surface area contributed by atoms with E-state index in [9.17, 15) is 4.79 Å². The lowest BCUT2D eigenvalue weighted by atomic mass is 10.2. The summed E-state index contributed by atoms with van der Waals surface area (Å²) in [6.45, 7) is 17.3. The molecule has 0 saturated heterocycles. The number of hydrogen-bond donors (Lipinski definition) is 1. The smallest absolute Gasteiger partial charge is 0.407 e. The van der Waals surface area contributed by atoms with Crippen molar-refractivity contribution in [1.29, 1.82) is 0 Å². The van der Waals surface area contributed by atoms with Crippen LogP contribution in [0.15, 0.2) is 37.0 Å². The molecule has 0 unspecified atom stereocenters. The van der Waals surface area contributed by atoms with Crippen LogP contribution in [0.25, 0.3) is 0 Å². The first-order valence-corrected chi connectivity index (χ1v) is 6.30. The van der Waals surface area contributed by atoms with Gasteiger partial charge < -0.3 is 10.1 Å². The summed E-state index contributed by atoms with van der Waals surface area (Å²) in [7, 11) is 0. The molecule has 0 aromatic rings. The van der Waals surface area contributed by atoms with Gasteiger partial charge in [0.15, 0.2) is 0 Å². The van der Waals surface area contributed by atoms with E-state index in [4.69, 9.17) is 4.74 Å². The van der Waals surface area contributed by atoms with Crippen molar-refractivity contribution in [2.75, 3.05) is 6.54 Å². The molecule has 1 N–H and O–H groups in total. The number of amides is 1. The fraction of sp³-hybridized carbons (Fsp3) is 0.533. The Morgan fingerprint density at radius 3 is 2.22 bits per heavy atom. The van der Waals surface area contributed by atoms with Crippen molar-refractivity contribution in [1.82, 2.24) is 5.32 Å². The average molecular weight is 253 g/mol. The number of carbonyl (C=O) groups is 1. The predicted octanol–water partition coefficient (Wildman–Crippen LogP) is 4.23. The minimum absolute atomic E-state index is 0.394. The summed E-state index contributed by atoms with van der Waals surface area (Å²) in [5, 5.41) is 2.68. The lowest BCUT2D eigenvalue weighted by molar-refractivity contribution is 0.0528. The summed E-state index contributed by atoms with van der Waals surface area (Å²) in [5.74, 6) is 0. The fourth-order valence-corrected chi connectivity index (χ4v) is 1.03. The molecule has 104 valence electrons. The molecule has 0 aliphatic heterocycles. The molecule has 3 heteroatoms. The van der Waals surface area contributed by atoms with Crippen LogP contribution in [0, 0.1) is 0 Å². The largest absolute Gasteiger partial charge is 0.444 e. The molecule has 0 aromatic heterocycles. The molecule has 0 bridgehead atoms. The highest BCUT2D eigenvalue weighted by molar-refractivity contribution is 5.67. The molecule has 3 nitrogen and oxygen atoms in total. The standard InChI is InChI=1S/C13H21NO2.C2H6/c1-6-8-11(7-2)9-10-14-12(15)16-13(3,4)5;1-2/h6-8H,1-2,9-10H2,3-5H3,(H,14,15);1-2H3/b11-8+;. The summed E-state index contributed by atoms with van der Waals surface area (Å²) in [4.78, 5) is 11.3. The molecular formula is C15H27NO2. The van der Waals surface area contributed by atoms with Gasteiger partial charge in [-0.05, 0) is 32.8 Å². The van der Waals surface area contributed by atoms with E-state index in [0.29, 0.717) is 6.54 Å². The molecular weight excluding hydrogens is 226 g/mol. The van der Waals surface area contributed by atoms with Gasteiger partial charge in [0.2, 0.25) is 0 Å². The first-order valence-electron chi connectivity index (χ1n) is 6.30. The van der Waals surface area contributed by atoms with Crippen molar-refractivity contribution in [3.63, 3.8) is 0 Å². The van der Waals surface area contributed by atoms with Crippen molar-refractivity contribution in [3.05, 3.63) is 37.0 Å². The third-order valence-electron chi connectivity index (χ3n) is 1.68. The molecule has 0 aliphatic carbocycles. The molecule has 0 spiro atoms. The van der Waals surface area contributed by atoms with Crippen LogP contribution in [-0.2, 0) is 4.74 Å². The maximum Gasteiger partial charge on any atom is 0.407 e. The number of hydrogen-bond acceptors (Lipinski definition) is 2. The lowest BCUT2D eigenvalue weighted by Gasteiger charge is -2.19. The van der Waals surface area contributed by atoms with Crippen LogP contribution in [0.2, 0.25) is 0 Å². The summed E-state index contributed by atoms with van der Waals surface area (Å²) in [5.41, 5.74) is 0.577. The van der Waals surface area contributed by atoms with Crippen LogP contribution >= 0.6 is 0 Å². The van der Waals surface area contributed by atoms with Crippen LogP contribution < -0.4 is 5.32 Å². The Kier molecular flexibility index (Phi) is 11.1. The van der Waals surface area contributed by atoms with E-state index in [2.05, 4.69) is 18.5 Å².